The van der Waals surface area contributed by atoms with Crippen LogP contribution in [0.4, 0.5) is 0 Å². The van der Waals surface area contributed by atoms with Crippen LogP contribution in [0.5, 0.6) is 0 Å². The van der Waals surface area contributed by atoms with E-state index < -0.39 is 0 Å². The van der Waals surface area contributed by atoms with Gasteiger partial charge in [0.1, 0.15) is 0 Å². The minimum absolute atomic E-state index is 0.581. The highest BCUT2D eigenvalue weighted by molar-refractivity contribution is 4.91. The minimum atomic E-state index is 0.581. The topological polar surface area (TPSA) is 24.5 Å². The molecule has 3 heteroatoms. The average Bonchev–Trinajstić information content (AvgIpc) is 2.96. The summed E-state index contributed by atoms with van der Waals surface area (Å²) in [5.74, 6) is 0.937. The summed E-state index contributed by atoms with van der Waals surface area (Å²) in [7, 11) is 0. The van der Waals surface area contributed by atoms with E-state index in [4.69, 9.17) is 4.74 Å². The van der Waals surface area contributed by atoms with Crippen LogP contribution in [0.2, 0.25) is 0 Å². The van der Waals surface area contributed by atoms with Crippen molar-refractivity contribution < 1.29 is 4.74 Å². The number of hydrogen-bond donors (Lipinski definition) is 1. The lowest BCUT2D eigenvalue weighted by Gasteiger charge is -2.24. The Hall–Kier alpha value is -0.120. The Balaban J connectivity index is 1.35. The number of piperidine rings is 1. The molecule has 3 aliphatic rings. The van der Waals surface area contributed by atoms with Crippen molar-refractivity contribution in [1.82, 2.24) is 10.2 Å². The molecular formula is C14H26N2O. The molecule has 3 heterocycles. The van der Waals surface area contributed by atoms with Gasteiger partial charge in [0, 0.05) is 25.7 Å². The summed E-state index contributed by atoms with van der Waals surface area (Å²) in [4.78, 5) is 2.67. The fraction of sp³-hybridized carbons (Fsp3) is 1.00. The molecule has 0 aromatic heterocycles. The van der Waals surface area contributed by atoms with Gasteiger partial charge >= 0.3 is 0 Å². The van der Waals surface area contributed by atoms with Gasteiger partial charge in [0.2, 0.25) is 0 Å². The second kappa shape index (κ2) is 5.68. The molecule has 0 spiro atoms. The van der Waals surface area contributed by atoms with E-state index in [1.165, 1.54) is 64.7 Å². The van der Waals surface area contributed by atoms with Gasteiger partial charge in [-0.3, -0.25) is 0 Å². The number of nitrogens with zero attached hydrogens (tertiary/aromatic N) is 1. The van der Waals surface area contributed by atoms with Crippen LogP contribution in [0, 0.1) is 5.92 Å². The first-order valence-corrected chi connectivity index (χ1v) is 7.49. The largest absolute Gasteiger partial charge is 0.378 e. The van der Waals surface area contributed by atoms with Crippen LogP contribution in [0.3, 0.4) is 0 Å². The van der Waals surface area contributed by atoms with Crippen molar-refractivity contribution in [2.45, 2.75) is 50.7 Å². The molecule has 0 saturated carbocycles. The van der Waals surface area contributed by atoms with Crippen LogP contribution >= 0.6 is 0 Å². The van der Waals surface area contributed by atoms with E-state index in [1.54, 1.807) is 0 Å². The molecule has 17 heavy (non-hydrogen) atoms. The van der Waals surface area contributed by atoms with Crippen molar-refractivity contribution in [3.63, 3.8) is 0 Å². The molecule has 0 aromatic rings. The lowest BCUT2D eigenvalue weighted by atomic mass is 9.94. The first-order chi connectivity index (χ1) is 8.42. The zero-order valence-electron chi connectivity index (χ0n) is 10.9. The minimum Gasteiger partial charge on any atom is -0.378 e. The predicted molar refractivity (Wildman–Crippen MR) is 69.2 cm³/mol. The maximum absolute atomic E-state index is 5.68. The summed E-state index contributed by atoms with van der Waals surface area (Å²) in [5.41, 5.74) is 0. The molecule has 1 N–H and O–H groups in total. The van der Waals surface area contributed by atoms with E-state index in [-0.39, 0.29) is 0 Å². The summed E-state index contributed by atoms with van der Waals surface area (Å²) in [5, 5.41) is 3.68. The van der Waals surface area contributed by atoms with Crippen molar-refractivity contribution in [3.8, 4) is 0 Å². The molecule has 1 unspecified atom stereocenters. The van der Waals surface area contributed by atoms with Gasteiger partial charge in [0.15, 0.2) is 0 Å². The van der Waals surface area contributed by atoms with Gasteiger partial charge in [0.05, 0.1) is 6.10 Å². The SMILES string of the molecule is C1COC(CCCN2C[C@@H]3CCCN[C@@H]3C2)C1. The lowest BCUT2D eigenvalue weighted by molar-refractivity contribution is 0.0995. The Morgan fingerprint density at radius 2 is 2.18 bits per heavy atom. The Morgan fingerprint density at radius 3 is 3.00 bits per heavy atom. The molecule has 3 aliphatic heterocycles. The Kier molecular flexibility index (Phi) is 3.99. The Morgan fingerprint density at radius 1 is 1.18 bits per heavy atom. The molecule has 0 aliphatic carbocycles. The zero-order chi connectivity index (χ0) is 11.5. The molecule has 3 fully saturated rings. The maximum atomic E-state index is 5.68. The van der Waals surface area contributed by atoms with Gasteiger partial charge in [-0.1, -0.05) is 0 Å². The van der Waals surface area contributed by atoms with E-state index in [0.29, 0.717) is 6.10 Å². The molecular weight excluding hydrogens is 212 g/mol. The van der Waals surface area contributed by atoms with Gasteiger partial charge in [0.25, 0.3) is 0 Å². The van der Waals surface area contributed by atoms with Crippen LogP contribution < -0.4 is 5.32 Å². The zero-order valence-corrected chi connectivity index (χ0v) is 10.9. The summed E-state index contributed by atoms with van der Waals surface area (Å²) in [6.07, 6.45) is 8.58. The molecule has 0 radical (unpaired) electrons. The third-order valence-electron chi connectivity index (χ3n) is 4.70. The summed E-state index contributed by atoms with van der Waals surface area (Å²) >= 11 is 0. The molecule has 3 rings (SSSR count). The first-order valence-electron chi connectivity index (χ1n) is 7.49. The molecule has 0 bridgehead atoms. The summed E-state index contributed by atoms with van der Waals surface area (Å²) in [6.45, 7) is 6.15. The van der Waals surface area contributed by atoms with Gasteiger partial charge < -0.3 is 15.0 Å². The molecule has 0 amide bonds. The van der Waals surface area contributed by atoms with Gasteiger partial charge in [-0.25, -0.2) is 0 Å². The number of rotatable bonds is 4. The third-order valence-corrected chi connectivity index (χ3v) is 4.70. The molecule has 3 atom stereocenters. The number of likely N-dealkylation sites (tertiary alicyclic amines) is 1. The fourth-order valence-electron chi connectivity index (χ4n) is 3.73. The smallest absolute Gasteiger partial charge is 0.0576 e. The lowest BCUT2D eigenvalue weighted by Crippen LogP contribution is -2.40. The van der Waals surface area contributed by atoms with Gasteiger partial charge in [-0.2, -0.15) is 0 Å². The first kappa shape index (κ1) is 11.9. The Labute approximate surface area is 105 Å². The molecule has 0 aromatic carbocycles. The van der Waals surface area contributed by atoms with Gasteiger partial charge in [-0.15, -0.1) is 0 Å². The molecule has 3 nitrogen and oxygen atoms in total. The van der Waals surface area contributed by atoms with Crippen molar-refractivity contribution in [2.75, 3.05) is 32.8 Å². The highest BCUT2D eigenvalue weighted by atomic mass is 16.5. The van der Waals surface area contributed by atoms with E-state index in [1.807, 2.05) is 0 Å². The fourth-order valence-corrected chi connectivity index (χ4v) is 3.73. The second-order valence-electron chi connectivity index (χ2n) is 6.00. The number of nitrogens with one attached hydrogen (secondary N) is 1. The quantitative estimate of drug-likeness (QED) is 0.805. The van der Waals surface area contributed by atoms with E-state index in [9.17, 15) is 0 Å². The van der Waals surface area contributed by atoms with Crippen LogP contribution in [-0.4, -0.2) is 49.8 Å². The highest BCUT2D eigenvalue weighted by Gasteiger charge is 2.33. The summed E-state index contributed by atoms with van der Waals surface area (Å²) in [6, 6.07) is 0.798. The van der Waals surface area contributed by atoms with Gasteiger partial charge in [-0.05, 0) is 57.5 Å². The van der Waals surface area contributed by atoms with Crippen LogP contribution in [0.25, 0.3) is 0 Å². The summed E-state index contributed by atoms with van der Waals surface area (Å²) < 4.78 is 5.68. The van der Waals surface area contributed by atoms with Crippen LogP contribution in [0.1, 0.15) is 38.5 Å². The van der Waals surface area contributed by atoms with Crippen molar-refractivity contribution >= 4 is 0 Å². The van der Waals surface area contributed by atoms with Crippen LogP contribution in [-0.2, 0) is 4.74 Å². The van der Waals surface area contributed by atoms with Crippen molar-refractivity contribution in [3.05, 3.63) is 0 Å². The highest BCUT2D eigenvalue weighted by Crippen LogP contribution is 2.25. The van der Waals surface area contributed by atoms with E-state index >= 15 is 0 Å². The second-order valence-corrected chi connectivity index (χ2v) is 6.00. The van der Waals surface area contributed by atoms with E-state index in [2.05, 4.69) is 10.2 Å². The van der Waals surface area contributed by atoms with Crippen molar-refractivity contribution in [1.29, 1.82) is 0 Å². The standard InChI is InChI=1S/C14H26N2O/c1-4-12-10-16(11-14(12)15-7-1)8-2-5-13-6-3-9-17-13/h12-15H,1-11H2/t12-,13?,14+/m0/s1. The number of ether oxygens (including phenoxy) is 1. The van der Waals surface area contributed by atoms with E-state index in [0.717, 1.165) is 18.6 Å². The average molecular weight is 238 g/mol. The molecule has 3 saturated heterocycles. The predicted octanol–water partition coefficient (Wildman–Crippen LogP) is 1.63. The van der Waals surface area contributed by atoms with Crippen LogP contribution in [0.15, 0.2) is 0 Å². The molecule has 98 valence electrons. The third kappa shape index (κ3) is 3.01. The maximum Gasteiger partial charge on any atom is 0.0576 e. The monoisotopic (exact) mass is 238 g/mol. The van der Waals surface area contributed by atoms with Crippen molar-refractivity contribution in [2.24, 2.45) is 5.92 Å². The number of fused-ring (bicyclic) bond motifs is 1. The number of hydrogen-bond acceptors (Lipinski definition) is 3. The normalized spacial score (nSPS) is 38.5. The Bertz CT molecular complexity index is 226.